The number of fused-ring (bicyclic) bond motifs is 1. The van der Waals surface area contributed by atoms with Gasteiger partial charge < -0.3 is 14.8 Å². The van der Waals surface area contributed by atoms with Crippen LogP contribution in [-0.2, 0) is 4.79 Å². The molecule has 1 heterocycles. The molecule has 0 amide bonds. The van der Waals surface area contributed by atoms with Crippen molar-refractivity contribution in [3.63, 3.8) is 0 Å². The predicted molar refractivity (Wildman–Crippen MR) is 84.1 cm³/mol. The Balaban J connectivity index is 1.64. The van der Waals surface area contributed by atoms with E-state index in [1.165, 1.54) is 32.0 Å². The van der Waals surface area contributed by atoms with Gasteiger partial charge in [0.05, 0.1) is 5.60 Å². The van der Waals surface area contributed by atoms with Crippen molar-refractivity contribution in [2.75, 3.05) is 19.6 Å². The van der Waals surface area contributed by atoms with E-state index in [4.69, 9.17) is 0 Å². The van der Waals surface area contributed by atoms with E-state index >= 15 is 0 Å². The minimum absolute atomic E-state index is 0.109. The number of nitrogens with zero attached hydrogens (tertiary/aromatic N) is 1. The summed E-state index contributed by atoms with van der Waals surface area (Å²) < 4.78 is 0. The summed E-state index contributed by atoms with van der Waals surface area (Å²) in [6.45, 7) is 5.18. The molecule has 4 unspecified atom stereocenters. The number of hydrogen-bond acceptors (Lipinski definition) is 3. The lowest BCUT2D eigenvalue weighted by Crippen LogP contribution is -2.55. The number of carbonyl (C=O) groups is 1. The summed E-state index contributed by atoms with van der Waals surface area (Å²) >= 11 is 0. The van der Waals surface area contributed by atoms with Crippen LogP contribution in [0, 0.1) is 17.3 Å². The molecular formula is C18H31NO2. The van der Waals surface area contributed by atoms with E-state index in [2.05, 4.69) is 11.8 Å². The number of rotatable bonds is 3. The number of piperidine rings is 1. The predicted octanol–water partition coefficient (Wildman–Crippen LogP) is 3.01. The zero-order valence-corrected chi connectivity index (χ0v) is 13.5. The molecule has 21 heavy (non-hydrogen) atoms. The van der Waals surface area contributed by atoms with Gasteiger partial charge in [0.2, 0.25) is 0 Å². The molecule has 0 bridgehead atoms. The van der Waals surface area contributed by atoms with Crippen molar-refractivity contribution in [2.45, 2.75) is 70.3 Å². The number of likely N-dealkylation sites (tertiary alicyclic amines) is 1. The number of carbonyl (C=O) groups excluding carboxylic acids is 1. The first kappa shape index (κ1) is 15.5. The first-order valence-electron chi connectivity index (χ1n) is 8.96. The Morgan fingerprint density at radius 3 is 2.81 bits per heavy atom. The normalized spacial score (nSPS) is 45.0. The van der Waals surface area contributed by atoms with E-state index in [0.29, 0.717) is 11.8 Å². The highest BCUT2D eigenvalue weighted by atomic mass is 16.3. The van der Waals surface area contributed by atoms with Gasteiger partial charge in [0.25, 0.3) is 0 Å². The molecule has 0 radical (unpaired) electrons. The van der Waals surface area contributed by atoms with Crippen LogP contribution in [0.5, 0.6) is 0 Å². The molecular weight excluding hydrogens is 262 g/mol. The molecule has 4 atom stereocenters. The van der Waals surface area contributed by atoms with Crippen molar-refractivity contribution in [1.82, 2.24) is 4.90 Å². The third-order valence-corrected chi connectivity index (χ3v) is 6.43. The van der Waals surface area contributed by atoms with E-state index in [-0.39, 0.29) is 5.41 Å². The van der Waals surface area contributed by atoms with E-state index in [9.17, 15) is 9.90 Å². The Morgan fingerprint density at radius 2 is 2.05 bits per heavy atom. The van der Waals surface area contributed by atoms with Gasteiger partial charge >= 0.3 is 0 Å². The summed E-state index contributed by atoms with van der Waals surface area (Å²) in [6.07, 6.45) is 11.3. The number of hydrogen-bond donors (Lipinski definition) is 1. The number of aldehydes is 1. The SMILES string of the molecule is CC1CCCC(C=O)(CN2CCC3(O)CCCCC3C2)C1. The fourth-order valence-corrected chi connectivity index (χ4v) is 5.22. The first-order valence-corrected chi connectivity index (χ1v) is 8.96. The van der Waals surface area contributed by atoms with Gasteiger partial charge in [0.1, 0.15) is 6.29 Å². The van der Waals surface area contributed by atoms with Gasteiger partial charge in [-0.3, -0.25) is 0 Å². The van der Waals surface area contributed by atoms with Gasteiger partial charge in [-0.15, -0.1) is 0 Å². The van der Waals surface area contributed by atoms with Crippen LogP contribution >= 0.6 is 0 Å². The summed E-state index contributed by atoms with van der Waals surface area (Å²) in [4.78, 5) is 14.3. The maximum Gasteiger partial charge on any atom is 0.127 e. The lowest BCUT2D eigenvalue weighted by atomic mass is 9.68. The Hall–Kier alpha value is -0.410. The van der Waals surface area contributed by atoms with Gasteiger partial charge in [0, 0.05) is 31.0 Å². The van der Waals surface area contributed by atoms with Crippen LogP contribution in [0.4, 0.5) is 0 Å². The van der Waals surface area contributed by atoms with Crippen molar-refractivity contribution < 1.29 is 9.90 Å². The summed E-state index contributed by atoms with van der Waals surface area (Å²) in [6, 6.07) is 0. The third kappa shape index (κ3) is 3.19. The van der Waals surface area contributed by atoms with Gasteiger partial charge in [-0.1, -0.05) is 32.6 Å². The molecule has 3 aliphatic rings. The second kappa shape index (κ2) is 6.00. The maximum atomic E-state index is 11.8. The van der Waals surface area contributed by atoms with Crippen LogP contribution in [0.3, 0.4) is 0 Å². The Bertz CT molecular complexity index is 385. The van der Waals surface area contributed by atoms with Crippen LogP contribution in [0.15, 0.2) is 0 Å². The van der Waals surface area contributed by atoms with Crippen LogP contribution in [0.1, 0.15) is 64.7 Å². The van der Waals surface area contributed by atoms with Crippen LogP contribution in [0.2, 0.25) is 0 Å². The lowest BCUT2D eigenvalue weighted by Gasteiger charge is -2.49. The van der Waals surface area contributed by atoms with Crippen molar-refractivity contribution in [2.24, 2.45) is 17.3 Å². The monoisotopic (exact) mass is 293 g/mol. The van der Waals surface area contributed by atoms with E-state index in [1.807, 2.05) is 0 Å². The third-order valence-electron chi connectivity index (χ3n) is 6.43. The van der Waals surface area contributed by atoms with Crippen molar-refractivity contribution in [3.8, 4) is 0 Å². The lowest BCUT2D eigenvalue weighted by molar-refractivity contribution is -0.125. The molecule has 120 valence electrons. The minimum atomic E-state index is -0.400. The summed E-state index contributed by atoms with van der Waals surface area (Å²) in [5.41, 5.74) is -0.509. The molecule has 3 nitrogen and oxygen atoms in total. The van der Waals surface area contributed by atoms with Gasteiger partial charge in [0.15, 0.2) is 0 Å². The van der Waals surface area contributed by atoms with Crippen LogP contribution in [-0.4, -0.2) is 41.5 Å². The quantitative estimate of drug-likeness (QED) is 0.813. The molecule has 1 saturated heterocycles. The molecule has 0 aromatic heterocycles. The van der Waals surface area contributed by atoms with E-state index < -0.39 is 5.60 Å². The van der Waals surface area contributed by atoms with Gasteiger partial charge in [-0.05, 0) is 38.0 Å². The zero-order chi connectivity index (χ0) is 14.9. The molecule has 1 aliphatic heterocycles. The highest BCUT2D eigenvalue weighted by Gasteiger charge is 2.45. The second-order valence-corrected chi connectivity index (χ2v) is 8.21. The fourth-order valence-electron chi connectivity index (χ4n) is 5.22. The van der Waals surface area contributed by atoms with Gasteiger partial charge in [-0.25, -0.2) is 0 Å². The molecule has 3 heteroatoms. The largest absolute Gasteiger partial charge is 0.390 e. The summed E-state index contributed by atoms with van der Waals surface area (Å²) in [7, 11) is 0. The standard InChI is InChI=1S/C18H31NO2/c1-15-5-4-7-17(11-15,14-20)13-19-10-9-18(21)8-3-2-6-16(18)12-19/h14-16,21H,2-13H2,1H3. The average molecular weight is 293 g/mol. The molecule has 2 saturated carbocycles. The molecule has 0 aromatic carbocycles. The Labute approximate surface area is 129 Å². The summed E-state index contributed by atoms with van der Waals surface area (Å²) in [5.74, 6) is 1.12. The van der Waals surface area contributed by atoms with Crippen LogP contribution in [0.25, 0.3) is 0 Å². The second-order valence-electron chi connectivity index (χ2n) is 8.21. The average Bonchev–Trinajstić information content (AvgIpc) is 2.47. The van der Waals surface area contributed by atoms with Crippen LogP contribution < -0.4 is 0 Å². The molecule has 3 rings (SSSR count). The number of aliphatic hydroxyl groups is 1. The van der Waals surface area contributed by atoms with Crippen molar-refractivity contribution in [1.29, 1.82) is 0 Å². The molecule has 3 fully saturated rings. The van der Waals surface area contributed by atoms with Gasteiger partial charge in [-0.2, -0.15) is 0 Å². The van der Waals surface area contributed by atoms with E-state index in [0.717, 1.165) is 51.7 Å². The highest BCUT2D eigenvalue weighted by molar-refractivity contribution is 5.60. The van der Waals surface area contributed by atoms with E-state index in [1.54, 1.807) is 0 Å². The summed E-state index contributed by atoms with van der Waals surface area (Å²) in [5, 5.41) is 10.8. The molecule has 0 spiro atoms. The Morgan fingerprint density at radius 1 is 1.19 bits per heavy atom. The minimum Gasteiger partial charge on any atom is -0.390 e. The Kier molecular flexibility index (Phi) is 4.42. The fraction of sp³-hybridized carbons (Fsp3) is 0.944. The topological polar surface area (TPSA) is 40.5 Å². The zero-order valence-electron chi connectivity index (χ0n) is 13.5. The molecule has 1 N–H and O–H groups in total. The highest BCUT2D eigenvalue weighted by Crippen LogP contribution is 2.43. The van der Waals surface area contributed by atoms with Crippen molar-refractivity contribution in [3.05, 3.63) is 0 Å². The molecule has 0 aromatic rings. The van der Waals surface area contributed by atoms with Crippen molar-refractivity contribution >= 4 is 6.29 Å². The molecule has 2 aliphatic carbocycles. The smallest absolute Gasteiger partial charge is 0.127 e. The first-order chi connectivity index (χ1) is 10.1. The maximum absolute atomic E-state index is 11.8.